The Kier molecular flexibility index (Phi) is 5.41. The predicted octanol–water partition coefficient (Wildman–Crippen LogP) is 2.86. The summed E-state index contributed by atoms with van der Waals surface area (Å²) in [6.07, 6.45) is 3.52. The summed E-state index contributed by atoms with van der Waals surface area (Å²) in [6.45, 7) is 2.63. The zero-order chi connectivity index (χ0) is 16.1. The molecular weight excluding hydrogens is 282 g/mol. The number of carboxylic acid groups (broad SMARTS) is 1. The molecular formula is C17H23NO4. The first kappa shape index (κ1) is 16.3. The molecule has 5 heteroatoms. The number of rotatable bonds is 5. The first-order chi connectivity index (χ1) is 10.5. The van der Waals surface area contributed by atoms with Crippen LogP contribution in [0.4, 0.5) is 0 Å². The number of amides is 1. The third-order valence-electron chi connectivity index (χ3n) is 4.23. The molecule has 0 aromatic heterocycles. The van der Waals surface area contributed by atoms with Crippen LogP contribution in [0.2, 0.25) is 0 Å². The van der Waals surface area contributed by atoms with Crippen molar-refractivity contribution >= 4 is 11.9 Å². The van der Waals surface area contributed by atoms with E-state index in [1.54, 1.807) is 13.2 Å². The molecule has 0 spiro atoms. The van der Waals surface area contributed by atoms with Crippen LogP contribution in [0.3, 0.4) is 0 Å². The molecule has 0 saturated carbocycles. The molecule has 1 aromatic rings. The Bertz CT molecular complexity index is 556. The number of piperidine rings is 1. The largest absolute Gasteiger partial charge is 0.496 e. The standard InChI is InChI=1S/C17H23NO4/c1-12-6-7-13(11-15(12)22-2)17(21)18-10-4-3-5-14(18)8-9-16(19)20/h6-7,11,14H,3-5,8-10H2,1-2H3,(H,19,20)/t14-/m1/s1. The minimum atomic E-state index is -0.810. The molecule has 0 unspecified atom stereocenters. The summed E-state index contributed by atoms with van der Waals surface area (Å²) in [4.78, 5) is 25.4. The number of likely N-dealkylation sites (tertiary alicyclic amines) is 1. The molecule has 0 radical (unpaired) electrons. The van der Waals surface area contributed by atoms with Gasteiger partial charge in [-0.3, -0.25) is 9.59 Å². The van der Waals surface area contributed by atoms with Gasteiger partial charge < -0.3 is 14.7 Å². The van der Waals surface area contributed by atoms with Crippen LogP contribution in [-0.2, 0) is 4.79 Å². The Labute approximate surface area is 130 Å². The number of nitrogens with zero attached hydrogens (tertiary/aromatic N) is 1. The number of ether oxygens (including phenoxy) is 1. The van der Waals surface area contributed by atoms with Crippen molar-refractivity contribution in [3.63, 3.8) is 0 Å². The molecule has 1 heterocycles. The van der Waals surface area contributed by atoms with Crippen molar-refractivity contribution in [1.82, 2.24) is 4.90 Å². The third-order valence-corrected chi connectivity index (χ3v) is 4.23. The number of methoxy groups -OCH3 is 1. The zero-order valence-electron chi connectivity index (χ0n) is 13.2. The van der Waals surface area contributed by atoms with Crippen LogP contribution in [0.1, 0.15) is 48.0 Å². The Morgan fingerprint density at radius 1 is 1.36 bits per heavy atom. The number of aliphatic carboxylic acids is 1. The van der Waals surface area contributed by atoms with Gasteiger partial charge in [-0.1, -0.05) is 6.07 Å². The van der Waals surface area contributed by atoms with Gasteiger partial charge in [-0.15, -0.1) is 0 Å². The molecule has 1 fully saturated rings. The lowest BCUT2D eigenvalue weighted by molar-refractivity contribution is -0.137. The summed E-state index contributed by atoms with van der Waals surface area (Å²) in [6, 6.07) is 5.47. The van der Waals surface area contributed by atoms with Gasteiger partial charge in [0.15, 0.2) is 0 Å². The predicted molar refractivity (Wildman–Crippen MR) is 83.3 cm³/mol. The molecule has 22 heavy (non-hydrogen) atoms. The summed E-state index contributed by atoms with van der Waals surface area (Å²) in [5.74, 6) is -0.145. The van der Waals surface area contributed by atoms with Crippen molar-refractivity contribution < 1.29 is 19.4 Å². The quantitative estimate of drug-likeness (QED) is 0.908. The number of hydrogen-bond donors (Lipinski definition) is 1. The molecule has 0 aliphatic carbocycles. The van der Waals surface area contributed by atoms with E-state index in [9.17, 15) is 9.59 Å². The number of aryl methyl sites for hydroxylation is 1. The molecule has 1 amide bonds. The maximum absolute atomic E-state index is 12.8. The van der Waals surface area contributed by atoms with Gasteiger partial charge in [0.2, 0.25) is 0 Å². The van der Waals surface area contributed by atoms with E-state index in [-0.39, 0.29) is 18.4 Å². The first-order valence-electron chi connectivity index (χ1n) is 7.70. The molecule has 1 saturated heterocycles. The summed E-state index contributed by atoms with van der Waals surface area (Å²) in [5.41, 5.74) is 1.59. The van der Waals surface area contributed by atoms with E-state index >= 15 is 0 Å². The maximum Gasteiger partial charge on any atom is 0.303 e. The van der Waals surface area contributed by atoms with Gasteiger partial charge in [0.05, 0.1) is 7.11 Å². The fourth-order valence-corrected chi connectivity index (χ4v) is 2.98. The maximum atomic E-state index is 12.8. The fraction of sp³-hybridized carbons (Fsp3) is 0.529. The Morgan fingerprint density at radius 2 is 2.14 bits per heavy atom. The highest BCUT2D eigenvalue weighted by Gasteiger charge is 2.28. The second-order valence-electron chi connectivity index (χ2n) is 5.76. The van der Waals surface area contributed by atoms with Crippen molar-refractivity contribution in [2.75, 3.05) is 13.7 Å². The molecule has 1 aliphatic rings. The highest BCUT2D eigenvalue weighted by molar-refractivity contribution is 5.95. The molecule has 1 N–H and O–H groups in total. The van der Waals surface area contributed by atoms with Crippen molar-refractivity contribution in [2.45, 2.75) is 45.1 Å². The minimum Gasteiger partial charge on any atom is -0.496 e. The van der Waals surface area contributed by atoms with Gasteiger partial charge >= 0.3 is 5.97 Å². The van der Waals surface area contributed by atoms with Crippen molar-refractivity contribution in [3.05, 3.63) is 29.3 Å². The molecule has 120 valence electrons. The molecule has 0 bridgehead atoms. The number of carbonyl (C=O) groups excluding carboxylic acids is 1. The van der Waals surface area contributed by atoms with Crippen LogP contribution in [0.5, 0.6) is 5.75 Å². The number of hydrogen-bond acceptors (Lipinski definition) is 3. The third kappa shape index (κ3) is 3.78. The van der Waals surface area contributed by atoms with Crippen LogP contribution in [0, 0.1) is 6.92 Å². The normalized spacial score (nSPS) is 18.1. The van der Waals surface area contributed by atoms with Gasteiger partial charge in [-0.2, -0.15) is 0 Å². The topological polar surface area (TPSA) is 66.8 Å². The van der Waals surface area contributed by atoms with Gasteiger partial charge in [0.1, 0.15) is 5.75 Å². The summed E-state index contributed by atoms with van der Waals surface area (Å²) >= 11 is 0. The van der Waals surface area contributed by atoms with Crippen LogP contribution >= 0.6 is 0 Å². The van der Waals surface area contributed by atoms with E-state index in [4.69, 9.17) is 9.84 Å². The Balaban J connectivity index is 2.16. The van der Waals surface area contributed by atoms with Crippen molar-refractivity contribution in [1.29, 1.82) is 0 Å². The fourth-order valence-electron chi connectivity index (χ4n) is 2.98. The Hall–Kier alpha value is -2.04. The van der Waals surface area contributed by atoms with Crippen LogP contribution in [0.15, 0.2) is 18.2 Å². The van der Waals surface area contributed by atoms with E-state index in [0.29, 0.717) is 24.3 Å². The van der Waals surface area contributed by atoms with Crippen molar-refractivity contribution in [3.8, 4) is 5.75 Å². The van der Waals surface area contributed by atoms with Crippen molar-refractivity contribution in [2.24, 2.45) is 0 Å². The average molecular weight is 305 g/mol. The van der Waals surface area contributed by atoms with Crippen LogP contribution in [-0.4, -0.2) is 41.6 Å². The van der Waals surface area contributed by atoms with Gasteiger partial charge in [-0.05, 0) is 50.3 Å². The molecule has 1 aliphatic heterocycles. The minimum absolute atomic E-state index is 0.0182. The number of carbonyl (C=O) groups is 2. The lowest BCUT2D eigenvalue weighted by atomic mass is 9.96. The van der Waals surface area contributed by atoms with E-state index < -0.39 is 5.97 Å². The highest BCUT2D eigenvalue weighted by Crippen LogP contribution is 2.25. The lowest BCUT2D eigenvalue weighted by Crippen LogP contribution is -2.44. The number of benzene rings is 1. The highest BCUT2D eigenvalue weighted by atomic mass is 16.5. The van der Waals surface area contributed by atoms with Gasteiger partial charge in [0, 0.05) is 24.6 Å². The molecule has 2 rings (SSSR count). The van der Waals surface area contributed by atoms with E-state index in [2.05, 4.69) is 0 Å². The lowest BCUT2D eigenvalue weighted by Gasteiger charge is -2.35. The second-order valence-corrected chi connectivity index (χ2v) is 5.76. The summed E-state index contributed by atoms with van der Waals surface area (Å²) < 4.78 is 5.28. The Morgan fingerprint density at radius 3 is 2.82 bits per heavy atom. The van der Waals surface area contributed by atoms with Gasteiger partial charge in [0.25, 0.3) is 5.91 Å². The summed E-state index contributed by atoms with van der Waals surface area (Å²) in [5, 5.41) is 8.86. The van der Waals surface area contributed by atoms with E-state index in [1.165, 1.54) is 0 Å². The van der Waals surface area contributed by atoms with Crippen LogP contribution < -0.4 is 4.74 Å². The average Bonchev–Trinajstić information content (AvgIpc) is 2.53. The molecule has 1 atom stereocenters. The molecule has 1 aromatic carbocycles. The van der Waals surface area contributed by atoms with Crippen LogP contribution in [0.25, 0.3) is 0 Å². The SMILES string of the molecule is COc1cc(C(=O)N2CCCC[C@@H]2CCC(=O)O)ccc1C. The summed E-state index contributed by atoms with van der Waals surface area (Å²) in [7, 11) is 1.59. The second kappa shape index (κ2) is 7.29. The zero-order valence-corrected chi connectivity index (χ0v) is 13.2. The van der Waals surface area contributed by atoms with E-state index in [0.717, 1.165) is 24.8 Å². The molecule has 5 nitrogen and oxygen atoms in total. The smallest absolute Gasteiger partial charge is 0.303 e. The monoisotopic (exact) mass is 305 g/mol. The van der Waals surface area contributed by atoms with Gasteiger partial charge in [-0.25, -0.2) is 0 Å². The first-order valence-corrected chi connectivity index (χ1v) is 7.70. The van der Waals surface area contributed by atoms with E-state index in [1.807, 2.05) is 24.0 Å². The number of carboxylic acids is 1.